The van der Waals surface area contributed by atoms with Gasteiger partial charge in [-0.05, 0) is 117 Å². The van der Waals surface area contributed by atoms with Crippen molar-refractivity contribution in [1.82, 2.24) is 0 Å². The van der Waals surface area contributed by atoms with Crippen LogP contribution in [0.4, 0.5) is 0 Å². The molecule has 0 aliphatic heterocycles. The van der Waals surface area contributed by atoms with Crippen LogP contribution < -0.4 is 0 Å². The molecule has 0 N–H and O–H groups in total. The summed E-state index contributed by atoms with van der Waals surface area (Å²) in [7, 11) is 0. The Morgan fingerprint density at radius 3 is 1.22 bits per heavy atom. The molecule has 10 aromatic rings. The van der Waals surface area contributed by atoms with Crippen molar-refractivity contribution < 1.29 is 0 Å². The Kier molecular flexibility index (Phi) is 6.60. The number of hydrogen-bond donors (Lipinski definition) is 0. The normalized spacial score (nSPS) is 11.6. The first kappa shape index (κ1) is 28.5. The molecule has 0 saturated heterocycles. The zero-order valence-corrected chi connectivity index (χ0v) is 27.5. The summed E-state index contributed by atoms with van der Waals surface area (Å²) in [5, 5.41) is 12.6. The van der Waals surface area contributed by atoms with E-state index < -0.39 is 0 Å². The van der Waals surface area contributed by atoms with Gasteiger partial charge in [0.2, 0.25) is 0 Å². The van der Waals surface area contributed by atoms with Crippen LogP contribution in [-0.4, -0.2) is 0 Å². The lowest BCUT2D eigenvalue weighted by Gasteiger charge is -2.18. The van der Waals surface area contributed by atoms with Crippen molar-refractivity contribution in [3.05, 3.63) is 194 Å². The summed E-state index contributed by atoms with van der Waals surface area (Å²) in [6, 6.07) is 71.3. The van der Waals surface area contributed by atoms with Gasteiger partial charge in [-0.1, -0.05) is 176 Å². The Morgan fingerprint density at radius 1 is 0.200 bits per heavy atom. The third-order valence-corrected chi connectivity index (χ3v) is 10.4. The molecule has 0 aromatic heterocycles. The molecule has 0 nitrogen and oxygen atoms in total. The van der Waals surface area contributed by atoms with Gasteiger partial charge in [0.1, 0.15) is 0 Å². The quantitative estimate of drug-likeness (QED) is 0.169. The SMILES string of the molecule is c1ccc2cc(-c3c4ccccc4c(-c4ccc5ccc(-c6ccc(-c7cccc8ccccc78)cc6)cc5c4)c4ccccc34)ccc2c1. The molecule has 0 aliphatic carbocycles. The lowest BCUT2D eigenvalue weighted by molar-refractivity contribution is 1.62. The molecule has 0 spiro atoms. The van der Waals surface area contributed by atoms with E-state index in [-0.39, 0.29) is 0 Å². The van der Waals surface area contributed by atoms with Crippen LogP contribution in [0.5, 0.6) is 0 Å². The Balaban J connectivity index is 1.10. The lowest BCUT2D eigenvalue weighted by atomic mass is 9.85. The van der Waals surface area contributed by atoms with Crippen molar-refractivity contribution in [3.63, 3.8) is 0 Å². The van der Waals surface area contributed by atoms with E-state index in [1.807, 2.05) is 0 Å². The van der Waals surface area contributed by atoms with Crippen LogP contribution >= 0.6 is 0 Å². The minimum atomic E-state index is 1.22. The molecule has 0 atom stereocenters. The van der Waals surface area contributed by atoms with E-state index in [2.05, 4.69) is 194 Å². The van der Waals surface area contributed by atoms with Crippen LogP contribution in [0, 0.1) is 0 Å². The van der Waals surface area contributed by atoms with Gasteiger partial charge in [0, 0.05) is 0 Å². The van der Waals surface area contributed by atoms with E-state index in [9.17, 15) is 0 Å². The molecule has 0 radical (unpaired) electrons. The van der Waals surface area contributed by atoms with Crippen molar-refractivity contribution in [2.24, 2.45) is 0 Å². The highest BCUT2D eigenvalue weighted by Crippen LogP contribution is 2.44. The van der Waals surface area contributed by atoms with Crippen LogP contribution in [-0.2, 0) is 0 Å². The maximum absolute atomic E-state index is 2.38. The summed E-state index contributed by atoms with van der Waals surface area (Å²) in [6.07, 6.45) is 0. The number of hydrogen-bond acceptors (Lipinski definition) is 0. The van der Waals surface area contributed by atoms with Gasteiger partial charge in [0.15, 0.2) is 0 Å². The van der Waals surface area contributed by atoms with Crippen LogP contribution in [0.15, 0.2) is 194 Å². The second kappa shape index (κ2) is 11.6. The first-order chi connectivity index (χ1) is 24.8. The molecule has 10 aromatic carbocycles. The third-order valence-electron chi connectivity index (χ3n) is 10.4. The molecule has 0 fully saturated rings. The monoisotopic (exact) mass is 632 g/mol. The Morgan fingerprint density at radius 2 is 0.600 bits per heavy atom. The molecule has 0 aliphatic rings. The van der Waals surface area contributed by atoms with Gasteiger partial charge in [-0.2, -0.15) is 0 Å². The van der Waals surface area contributed by atoms with E-state index in [1.165, 1.54) is 98.4 Å². The fourth-order valence-corrected chi connectivity index (χ4v) is 8.00. The summed E-state index contributed by atoms with van der Waals surface area (Å²) in [6.45, 7) is 0. The molecular weight excluding hydrogens is 601 g/mol. The van der Waals surface area contributed by atoms with E-state index >= 15 is 0 Å². The van der Waals surface area contributed by atoms with Gasteiger partial charge in [-0.15, -0.1) is 0 Å². The van der Waals surface area contributed by atoms with Crippen LogP contribution in [0.1, 0.15) is 0 Å². The first-order valence-electron chi connectivity index (χ1n) is 17.3. The molecule has 0 saturated carbocycles. The summed E-state index contributed by atoms with van der Waals surface area (Å²) >= 11 is 0. The number of benzene rings is 10. The van der Waals surface area contributed by atoms with Gasteiger partial charge in [0.25, 0.3) is 0 Å². The smallest absolute Gasteiger partial charge is 0.00262 e. The fraction of sp³-hybridized carbons (Fsp3) is 0. The summed E-state index contributed by atoms with van der Waals surface area (Å²) in [5.74, 6) is 0. The topological polar surface area (TPSA) is 0 Å². The average molecular weight is 633 g/mol. The predicted molar refractivity (Wildman–Crippen MR) is 216 cm³/mol. The second-order valence-electron chi connectivity index (χ2n) is 13.3. The van der Waals surface area contributed by atoms with E-state index in [0.29, 0.717) is 0 Å². The van der Waals surface area contributed by atoms with Crippen LogP contribution in [0.2, 0.25) is 0 Å². The minimum Gasteiger partial charge on any atom is -0.0616 e. The first-order valence-corrected chi connectivity index (χ1v) is 17.3. The Bertz CT molecular complexity index is 2850. The summed E-state index contributed by atoms with van der Waals surface area (Å²) < 4.78 is 0. The van der Waals surface area contributed by atoms with Gasteiger partial charge in [0.05, 0.1) is 0 Å². The van der Waals surface area contributed by atoms with Crippen LogP contribution in [0.3, 0.4) is 0 Å². The van der Waals surface area contributed by atoms with Crippen molar-refractivity contribution in [1.29, 1.82) is 0 Å². The molecule has 232 valence electrons. The van der Waals surface area contributed by atoms with Crippen molar-refractivity contribution in [2.75, 3.05) is 0 Å². The van der Waals surface area contributed by atoms with Crippen LogP contribution in [0.25, 0.3) is 98.4 Å². The Labute approximate surface area is 291 Å². The van der Waals surface area contributed by atoms with E-state index in [1.54, 1.807) is 0 Å². The zero-order valence-electron chi connectivity index (χ0n) is 27.5. The highest BCUT2D eigenvalue weighted by atomic mass is 14.2. The highest BCUT2D eigenvalue weighted by molar-refractivity contribution is 6.22. The highest BCUT2D eigenvalue weighted by Gasteiger charge is 2.17. The molecule has 0 heteroatoms. The maximum Gasteiger partial charge on any atom is -0.00262 e. The van der Waals surface area contributed by atoms with Gasteiger partial charge < -0.3 is 0 Å². The third kappa shape index (κ3) is 4.69. The average Bonchev–Trinajstić information content (AvgIpc) is 3.19. The number of rotatable bonds is 4. The largest absolute Gasteiger partial charge is 0.0616 e. The predicted octanol–water partition coefficient (Wildman–Crippen LogP) is 14.1. The minimum absolute atomic E-state index is 1.22. The lowest BCUT2D eigenvalue weighted by Crippen LogP contribution is -1.91. The molecular formula is C50H32. The van der Waals surface area contributed by atoms with Crippen molar-refractivity contribution >= 4 is 53.9 Å². The number of fused-ring (bicyclic) bond motifs is 5. The van der Waals surface area contributed by atoms with E-state index in [4.69, 9.17) is 0 Å². The van der Waals surface area contributed by atoms with Crippen molar-refractivity contribution in [3.8, 4) is 44.5 Å². The summed E-state index contributed by atoms with van der Waals surface area (Å²) in [4.78, 5) is 0. The maximum atomic E-state index is 2.38. The molecule has 0 amide bonds. The fourth-order valence-electron chi connectivity index (χ4n) is 8.00. The molecule has 50 heavy (non-hydrogen) atoms. The van der Waals surface area contributed by atoms with Gasteiger partial charge in [-0.25, -0.2) is 0 Å². The van der Waals surface area contributed by atoms with E-state index in [0.717, 1.165) is 0 Å². The molecule has 0 heterocycles. The standard InChI is InChI=1S/C50H32/c1-2-12-38-30-40(28-23-33(38)10-1)49-45-15-5-7-17-47(45)50(48-18-8-6-16-46(48)49)41-29-24-35-22-27-39(31-42(35)32-41)34-20-25-37(26-21-34)44-19-9-13-36-11-3-4-14-43(36)44/h1-32H. The van der Waals surface area contributed by atoms with Crippen molar-refractivity contribution in [2.45, 2.75) is 0 Å². The zero-order chi connectivity index (χ0) is 33.0. The van der Waals surface area contributed by atoms with Gasteiger partial charge in [-0.3, -0.25) is 0 Å². The van der Waals surface area contributed by atoms with Gasteiger partial charge >= 0.3 is 0 Å². The summed E-state index contributed by atoms with van der Waals surface area (Å²) in [5.41, 5.74) is 10.0. The molecule has 10 rings (SSSR count). The second-order valence-corrected chi connectivity index (χ2v) is 13.3. The Hall–Kier alpha value is -6.50. The molecule has 0 unspecified atom stereocenters. The molecule has 0 bridgehead atoms.